The second-order valence-corrected chi connectivity index (χ2v) is 5.12. The molecule has 0 rings (SSSR count). The Hall–Kier alpha value is -0.680. The van der Waals surface area contributed by atoms with Crippen molar-refractivity contribution in [2.45, 2.75) is 46.3 Å². The number of aliphatic hydroxyl groups excluding tert-OH is 2. The summed E-state index contributed by atoms with van der Waals surface area (Å²) in [6.07, 6.45) is 4.43. The summed E-state index contributed by atoms with van der Waals surface area (Å²) in [7, 11) is 3.17. The topological polar surface area (TPSA) is 58.9 Å². The molecular formula is C17H36O4. The van der Waals surface area contributed by atoms with Gasteiger partial charge in [-0.25, -0.2) is 0 Å². The van der Waals surface area contributed by atoms with Gasteiger partial charge in [0.2, 0.25) is 0 Å². The average molecular weight is 304 g/mol. The fraction of sp³-hybridized carbons (Fsp3) is 0.765. The molecule has 0 aromatic carbocycles. The van der Waals surface area contributed by atoms with Gasteiger partial charge in [0.1, 0.15) is 0 Å². The Bertz CT molecular complexity index is 207. The zero-order valence-corrected chi connectivity index (χ0v) is 13.4. The Kier molecular flexibility index (Phi) is 20.9. The molecule has 0 radical (unpaired) electrons. The van der Waals surface area contributed by atoms with E-state index in [-0.39, 0.29) is 19.6 Å². The summed E-state index contributed by atoms with van der Waals surface area (Å²) in [6, 6.07) is 0. The minimum absolute atomic E-state index is 0. The average Bonchev–Trinajstić information content (AvgIpc) is 2.39. The van der Waals surface area contributed by atoms with E-state index in [1.165, 1.54) is 0 Å². The number of hydrogen-bond acceptors (Lipinski definition) is 4. The molecule has 21 heavy (non-hydrogen) atoms. The largest absolute Gasteiger partial charge is 0.391 e. The van der Waals surface area contributed by atoms with Gasteiger partial charge in [-0.05, 0) is 24.7 Å². The van der Waals surface area contributed by atoms with Crippen LogP contribution in [0.15, 0.2) is 25.3 Å². The molecule has 0 bridgehead atoms. The molecule has 0 amide bonds. The summed E-state index contributed by atoms with van der Waals surface area (Å²) in [5, 5.41) is 18.4. The van der Waals surface area contributed by atoms with E-state index in [2.05, 4.69) is 13.2 Å². The fourth-order valence-corrected chi connectivity index (χ4v) is 1.57. The highest BCUT2D eigenvalue weighted by molar-refractivity contribution is 4.77. The Morgan fingerprint density at radius 2 is 1.14 bits per heavy atom. The molecule has 0 saturated heterocycles. The lowest BCUT2D eigenvalue weighted by atomic mass is 10.0. The van der Waals surface area contributed by atoms with Crippen LogP contribution in [0.5, 0.6) is 0 Å². The third-order valence-electron chi connectivity index (χ3n) is 2.81. The molecule has 0 aliphatic rings. The standard InChI is InChI=1S/2C8H16O2.CH4/c2*1-4-7(2)5-8(9)6-10-3;/h2*4,7-9H,1,5-6H2,2-3H3;1H4/t7-,8+;7-,8-;/m01./s1. The predicted molar refractivity (Wildman–Crippen MR) is 90.5 cm³/mol. The van der Waals surface area contributed by atoms with Gasteiger partial charge >= 0.3 is 0 Å². The molecule has 0 aromatic rings. The molecule has 4 atom stereocenters. The number of ether oxygens (including phenoxy) is 2. The van der Waals surface area contributed by atoms with E-state index < -0.39 is 0 Å². The summed E-state index contributed by atoms with van der Waals surface area (Å²) in [5.41, 5.74) is 0. The van der Waals surface area contributed by atoms with E-state index >= 15 is 0 Å². The number of allylic oxidation sites excluding steroid dienone is 2. The van der Waals surface area contributed by atoms with E-state index in [1.54, 1.807) is 14.2 Å². The molecule has 128 valence electrons. The summed E-state index contributed by atoms with van der Waals surface area (Å²) < 4.78 is 9.53. The molecule has 0 aliphatic carbocycles. The zero-order valence-electron chi connectivity index (χ0n) is 13.4. The lowest BCUT2D eigenvalue weighted by Gasteiger charge is -2.11. The molecule has 0 aliphatic heterocycles. The van der Waals surface area contributed by atoms with E-state index in [0.717, 1.165) is 12.8 Å². The highest BCUT2D eigenvalue weighted by Gasteiger charge is 2.06. The van der Waals surface area contributed by atoms with Crippen molar-refractivity contribution in [3.05, 3.63) is 25.3 Å². The molecule has 2 N–H and O–H groups in total. The van der Waals surface area contributed by atoms with Crippen LogP contribution in [0.2, 0.25) is 0 Å². The third kappa shape index (κ3) is 19.3. The second kappa shape index (κ2) is 17.4. The summed E-state index contributed by atoms with van der Waals surface area (Å²) in [4.78, 5) is 0. The predicted octanol–water partition coefficient (Wildman–Crippen LogP) is 3.05. The molecule has 4 heteroatoms. The zero-order chi connectivity index (χ0) is 16.0. The fourth-order valence-electron chi connectivity index (χ4n) is 1.57. The van der Waals surface area contributed by atoms with Crippen molar-refractivity contribution in [2.24, 2.45) is 11.8 Å². The van der Waals surface area contributed by atoms with E-state index in [4.69, 9.17) is 9.47 Å². The normalized spacial score (nSPS) is 15.5. The van der Waals surface area contributed by atoms with Gasteiger partial charge in [-0.3, -0.25) is 0 Å². The highest BCUT2D eigenvalue weighted by Crippen LogP contribution is 2.06. The first-order chi connectivity index (χ1) is 9.40. The Labute approximate surface area is 131 Å². The van der Waals surface area contributed by atoms with Crippen LogP contribution in [0.3, 0.4) is 0 Å². The van der Waals surface area contributed by atoms with Crippen LogP contribution < -0.4 is 0 Å². The molecule has 0 spiro atoms. The van der Waals surface area contributed by atoms with Gasteiger partial charge in [0.15, 0.2) is 0 Å². The van der Waals surface area contributed by atoms with Gasteiger partial charge in [-0.15, -0.1) is 13.2 Å². The Balaban J connectivity index is -0.000000295. The summed E-state index contributed by atoms with van der Waals surface area (Å²) in [5.74, 6) is 0.732. The van der Waals surface area contributed by atoms with Crippen LogP contribution in [-0.4, -0.2) is 49.9 Å². The van der Waals surface area contributed by atoms with Crippen LogP contribution in [0, 0.1) is 11.8 Å². The van der Waals surface area contributed by atoms with E-state index in [1.807, 2.05) is 26.0 Å². The maximum Gasteiger partial charge on any atom is 0.0779 e. The minimum Gasteiger partial charge on any atom is -0.391 e. The molecule has 0 aromatic heterocycles. The van der Waals surface area contributed by atoms with Gasteiger partial charge < -0.3 is 19.7 Å². The van der Waals surface area contributed by atoms with Crippen molar-refractivity contribution < 1.29 is 19.7 Å². The molecule has 0 unspecified atom stereocenters. The SMILES string of the molecule is C.C=C[C@@H](C)C[C@@H](O)COC.C=C[C@H](C)C[C@@H](O)COC. The van der Waals surface area contributed by atoms with Gasteiger partial charge in [0.05, 0.1) is 25.4 Å². The van der Waals surface area contributed by atoms with Crippen LogP contribution in [0.25, 0.3) is 0 Å². The smallest absolute Gasteiger partial charge is 0.0779 e. The maximum absolute atomic E-state index is 9.18. The number of methoxy groups -OCH3 is 2. The first kappa shape index (κ1) is 25.3. The number of hydrogen-bond donors (Lipinski definition) is 2. The van der Waals surface area contributed by atoms with Crippen molar-refractivity contribution in [3.8, 4) is 0 Å². The lowest BCUT2D eigenvalue weighted by Crippen LogP contribution is -2.16. The first-order valence-electron chi connectivity index (χ1n) is 7.00. The van der Waals surface area contributed by atoms with Crippen molar-refractivity contribution in [1.29, 1.82) is 0 Å². The second-order valence-electron chi connectivity index (χ2n) is 5.12. The Morgan fingerprint density at radius 1 is 0.857 bits per heavy atom. The summed E-state index contributed by atoms with van der Waals surface area (Å²) >= 11 is 0. The Morgan fingerprint density at radius 3 is 1.33 bits per heavy atom. The quantitative estimate of drug-likeness (QED) is 0.609. The highest BCUT2D eigenvalue weighted by atomic mass is 16.5. The van der Waals surface area contributed by atoms with Crippen molar-refractivity contribution in [1.82, 2.24) is 0 Å². The first-order valence-corrected chi connectivity index (χ1v) is 7.00. The molecule has 0 fully saturated rings. The maximum atomic E-state index is 9.18. The summed E-state index contributed by atoms with van der Waals surface area (Å²) in [6.45, 7) is 12.1. The lowest BCUT2D eigenvalue weighted by molar-refractivity contribution is 0.0535. The van der Waals surface area contributed by atoms with Crippen LogP contribution in [-0.2, 0) is 9.47 Å². The third-order valence-corrected chi connectivity index (χ3v) is 2.81. The number of aliphatic hydroxyl groups is 2. The van der Waals surface area contributed by atoms with Gasteiger partial charge in [-0.1, -0.05) is 33.4 Å². The van der Waals surface area contributed by atoms with Gasteiger partial charge in [0.25, 0.3) is 0 Å². The molecular weight excluding hydrogens is 268 g/mol. The van der Waals surface area contributed by atoms with Gasteiger partial charge in [-0.2, -0.15) is 0 Å². The minimum atomic E-state index is -0.349. The van der Waals surface area contributed by atoms with Crippen molar-refractivity contribution >= 4 is 0 Å². The van der Waals surface area contributed by atoms with Crippen LogP contribution in [0.4, 0.5) is 0 Å². The van der Waals surface area contributed by atoms with Crippen LogP contribution in [0.1, 0.15) is 34.1 Å². The van der Waals surface area contributed by atoms with Gasteiger partial charge in [0, 0.05) is 14.2 Å². The molecule has 4 nitrogen and oxygen atoms in total. The van der Waals surface area contributed by atoms with E-state index in [9.17, 15) is 10.2 Å². The van der Waals surface area contributed by atoms with Crippen molar-refractivity contribution in [2.75, 3.05) is 27.4 Å². The van der Waals surface area contributed by atoms with Crippen LogP contribution >= 0.6 is 0 Å². The molecule has 0 saturated carbocycles. The molecule has 0 heterocycles. The number of rotatable bonds is 10. The van der Waals surface area contributed by atoms with Crippen molar-refractivity contribution in [3.63, 3.8) is 0 Å². The monoisotopic (exact) mass is 304 g/mol. The van der Waals surface area contributed by atoms with E-state index in [0.29, 0.717) is 25.0 Å².